The van der Waals surface area contributed by atoms with Gasteiger partial charge in [0, 0.05) is 44.8 Å². The minimum atomic E-state index is -0.332. The molecule has 0 radical (unpaired) electrons. The highest BCUT2D eigenvalue weighted by Gasteiger charge is 2.18. The van der Waals surface area contributed by atoms with Crippen molar-refractivity contribution in [3.63, 3.8) is 0 Å². The number of benzene rings is 2. The standard InChI is InChI=1S/C24H26ClFN6O/c1-18-22(24(25)32(29-18)21-9-7-19(26)8-10-21)17-27-28-23(33)11-12-30-13-15-31(16-14-30)20-5-3-2-4-6-20/h2-10,17H,11-16H2,1H3,(H,28,33)/b27-17+. The fourth-order valence-electron chi connectivity index (χ4n) is 3.76. The van der Waals surface area contributed by atoms with Crippen LogP contribution in [0.1, 0.15) is 17.7 Å². The molecule has 172 valence electrons. The lowest BCUT2D eigenvalue weighted by Gasteiger charge is -2.36. The average molecular weight is 469 g/mol. The number of hydrazone groups is 1. The van der Waals surface area contributed by atoms with Crippen LogP contribution < -0.4 is 10.3 Å². The zero-order chi connectivity index (χ0) is 23.2. The molecule has 1 aliphatic rings. The van der Waals surface area contributed by atoms with Crippen LogP contribution in [-0.2, 0) is 4.79 Å². The molecule has 0 bridgehead atoms. The molecule has 0 saturated carbocycles. The van der Waals surface area contributed by atoms with Gasteiger partial charge in [0.2, 0.25) is 5.91 Å². The largest absolute Gasteiger partial charge is 0.369 e. The molecule has 2 heterocycles. The molecule has 9 heteroatoms. The molecule has 0 unspecified atom stereocenters. The van der Waals surface area contributed by atoms with Crippen molar-refractivity contribution in [2.45, 2.75) is 13.3 Å². The zero-order valence-corrected chi connectivity index (χ0v) is 19.2. The van der Waals surface area contributed by atoms with Crippen LogP contribution in [0, 0.1) is 12.7 Å². The summed E-state index contributed by atoms with van der Waals surface area (Å²) in [7, 11) is 0. The van der Waals surface area contributed by atoms with E-state index in [0.29, 0.717) is 35.1 Å². The number of amides is 1. The first-order valence-electron chi connectivity index (χ1n) is 10.9. The maximum Gasteiger partial charge on any atom is 0.241 e. The first kappa shape index (κ1) is 22.9. The predicted molar refractivity (Wildman–Crippen MR) is 129 cm³/mol. The van der Waals surface area contributed by atoms with Crippen LogP contribution in [0.4, 0.5) is 10.1 Å². The van der Waals surface area contributed by atoms with Gasteiger partial charge in [-0.1, -0.05) is 29.8 Å². The van der Waals surface area contributed by atoms with E-state index >= 15 is 0 Å². The van der Waals surface area contributed by atoms with Gasteiger partial charge in [-0.05, 0) is 43.3 Å². The van der Waals surface area contributed by atoms with Crippen LogP contribution in [0.5, 0.6) is 0 Å². The normalized spacial score (nSPS) is 14.7. The van der Waals surface area contributed by atoms with E-state index in [-0.39, 0.29) is 11.7 Å². The molecular formula is C24H26ClFN6O. The highest BCUT2D eigenvalue weighted by Crippen LogP contribution is 2.22. The van der Waals surface area contributed by atoms with Gasteiger partial charge in [-0.15, -0.1) is 0 Å². The van der Waals surface area contributed by atoms with E-state index in [2.05, 4.69) is 49.7 Å². The van der Waals surface area contributed by atoms with Crippen molar-refractivity contribution in [2.24, 2.45) is 5.10 Å². The number of carbonyl (C=O) groups is 1. The fraction of sp³-hybridized carbons (Fsp3) is 0.292. The van der Waals surface area contributed by atoms with Gasteiger partial charge in [0.15, 0.2) is 0 Å². The van der Waals surface area contributed by atoms with Gasteiger partial charge in [0.05, 0.1) is 23.2 Å². The van der Waals surface area contributed by atoms with Gasteiger partial charge in [-0.3, -0.25) is 9.69 Å². The Labute approximate surface area is 197 Å². The number of aromatic nitrogens is 2. The highest BCUT2D eigenvalue weighted by atomic mass is 35.5. The Morgan fingerprint density at radius 2 is 1.79 bits per heavy atom. The first-order valence-corrected chi connectivity index (χ1v) is 11.2. The van der Waals surface area contributed by atoms with Gasteiger partial charge in [-0.2, -0.15) is 10.2 Å². The number of hydrogen-bond acceptors (Lipinski definition) is 5. The van der Waals surface area contributed by atoms with E-state index in [1.54, 1.807) is 19.1 Å². The van der Waals surface area contributed by atoms with Crippen molar-refractivity contribution < 1.29 is 9.18 Å². The smallest absolute Gasteiger partial charge is 0.241 e. The number of carbonyl (C=O) groups excluding carboxylic acids is 1. The predicted octanol–water partition coefficient (Wildman–Crippen LogP) is 3.64. The Kier molecular flexibility index (Phi) is 7.36. The molecule has 2 aromatic carbocycles. The maximum absolute atomic E-state index is 13.2. The number of anilines is 1. The summed E-state index contributed by atoms with van der Waals surface area (Å²) >= 11 is 6.43. The van der Waals surface area contributed by atoms with Crippen molar-refractivity contribution in [3.05, 3.63) is 76.8 Å². The monoisotopic (exact) mass is 468 g/mol. The van der Waals surface area contributed by atoms with E-state index in [1.807, 2.05) is 6.07 Å². The van der Waals surface area contributed by atoms with E-state index in [1.165, 1.54) is 28.7 Å². The van der Waals surface area contributed by atoms with Crippen molar-refractivity contribution in [3.8, 4) is 5.69 Å². The van der Waals surface area contributed by atoms with E-state index < -0.39 is 0 Å². The number of para-hydroxylation sites is 1. The molecule has 33 heavy (non-hydrogen) atoms. The van der Waals surface area contributed by atoms with Gasteiger partial charge in [-0.25, -0.2) is 14.5 Å². The minimum Gasteiger partial charge on any atom is -0.369 e. The summed E-state index contributed by atoms with van der Waals surface area (Å²) in [5, 5.41) is 8.77. The summed E-state index contributed by atoms with van der Waals surface area (Å²) in [6, 6.07) is 16.2. The van der Waals surface area contributed by atoms with Gasteiger partial charge in [0.25, 0.3) is 0 Å². The van der Waals surface area contributed by atoms with Crippen LogP contribution in [0.25, 0.3) is 5.69 Å². The summed E-state index contributed by atoms with van der Waals surface area (Å²) in [5.74, 6) is -0.488. The topological polar surface area (TPSA) is 65.8 Å². The Bertz CT molecular complexity index is 1110. The summed E-state index contributed by atoms with van der Waals surface area (Å²) in [4.78, 5) is 16.9. The van der Waals surface area contributed by atoms with E-state index in [4.69, 9.17) is 11.6 Å². The fourth-order valence-corrected chi connectivity index (χ4v) is 4.08. The number of nitrogens with zero attached hydrogens (tertiary/aromatic N) is 5. The van der Waals surface area contributed by atoms with Crippen LogP contribution in [-0.4, -0.2) is 59.5 Å². The Morgan fingerprint density at radius 1 is 1.09 bits per heavy atom. The third kappa shape index (κ3) is 5.77. The molecule has 0 spiro atoms. The zero-order valence-electron chi connectivity index (χ0n) is 18.4. The van der Waals surface area contributed by atoms with Gasteiger partial charge < -0.3 is 4.90 Å². The molecule has 1 aliphatic heterocycles. The maximum atomic E-state index is 13.2. The molecule has 1 aromatic heterocycles. The molecular weight excluding hydrogens is 443 g/mol. The summed E-state index contributed by atoms with van der Waals surface area (Å²) in [6.07, 6.45) is 1.85. The average Bonchev–Trinajstić information content (AvgIpc) is 3.12. The van der Waals surface area contributed by atoms with E-state index in [0.717, 1.165) is 26.2 Å². The molecule has 1 N–H and O–H groups in total. The van der Waals surface area contributed by atoms with Crippen molar-refractivity contribution in [1.82, 2.24) is 20.1 Å². The molecule has 0 aliphatic carbocycles. The van der Waals surface area contributed by atoms with Crippen LogP contribution in [0.2, 0.25) is 5.15 Å². The van der Waals surface area contributed by atoms with Crippen molar-refractivity contribution >= 4 is 29.4 Å². The molecule has 1 amide bonds. The van der Waals surface area contributed by atoms with E-state index in [9.17, 15) is 9.18 Å². The Morgan fingerprint density at radius 3 is 2.48 bits per heavy atom. The second-order valence-electron chi connectivity index (χ2n) is 7.89. The number of nitrogens with one attached hydrogen (secondary N) is 1. The van der Waals surface area contributed by atoms with Crippen molar-refractivity contribution in [2.75, 3.05) is 37.6 Å². The number of hydrogen-bond donors (Lipinski definition) is 1. The van der Waals surface area contributed by atoms with Crippen molar-refractivity contribution in [1.29, 1.82) is 0 Å². The SMILES string of the molecule is Cc1nn(-c2ccc(F)cc2)c(Cl)c1/C=N/NC(=O)CCN1CCN(c2ccccc2)CC1. The van der Waals surface area contributed by atoms with Gasteiger partial charge in [0.1, 0.15) is 11.0 Å². The second-order valence-corrected chi connectivity index (χ2v) is 8.24. The Hall–Kier alpha value is -3.23. The van der Waals surface area contributed by atoms with Crippen LogP contribution in [0.15, 0.2) is 59.7 Å². The number of halogens is 2. The summed E-state index contributed by atoms with van der Waals surface area (Å²) < 4.78 is 14.7. The number of rotatable bonds is 7. The molecule has 1 saturated heterocycles. The second kappa shape index (κ2) is 10.6. The number of piperazine rings is 1. The molecule has 7 nitrogen and oxygen atoms in total. The summed E-state index contributed by atoms with van der Waals surface area (Å²) in [6.45, 7) is 6.21. The first-order chi connectivity index (χ1) is 16.0. The minimum absolute atomic E-state index is 0.156. The van der Waals surface area contributed by atoms with Gasteiger partial charge >= 0.3 is 0 Å². The third-order valence-electron chi connectivity index (χ3n) is 5.65. The lowest BCUT2D eigenvalue weighted by Crippen LogP contribution is -2.47. The highest BCUT2D eigenvalue weighted by molar-refractivity contribution is 6.32. The Balaban J connectivity index is 1.25. The molecule has 1 fully saturated rings. The lowest BCUT2D eigenvalue weighted by atomic mass is 10.2. The molecule has 3 aromatic rings. The van der Waals surface area contributed by atoms with Crippen LogP contribution in [0.3, 0.4) is 0 Å². The summed E-state index contributed by atoms with van der Waals surface area (Å²) in [5.41, 5.74) is 5.69. The third-order valence-corrected chi connectivity index (χ3v) is 6.01. The quantitative estimate of drug-likeness (QED) is 0.425. The van der Waals surface area contributed by atoms with Crippen LogP contribution >= 0.6 is 11.6 Å². The molecule has 4 rings (SSSR count). The molecule has 0 atom stereocenters. The number of aryl methyl sites for hydroxylation is 1. The lowest BCUT2D eigenvalue weighted by molar-refractivity contribution is -0.121.